The van der Waals surface area contributed by atoms with Crippen LogP contribution in [0, 0.1) is 6.92 Å². The van der Waals surface area contributed by atoms with Gasteiger partial charge in [-0.05, 0) is 49.4 Å². The summed E-state index contributed by atoms with van der Waals surface area (Å²) in [5, 5.41) is 9.52. The summed E-state index contributed by atoms with van der Waals surface area (Å²) >= 11 is 1.84. The topological polar surface area (TPSA) is 54.4 Å². The second kappa shape index (κ2) is 5.14. The molecule has 0 saturated heterocycles. The number of ketones is 1. The van der Waals surface area contributed by atoms with E-state index >= 15 is 0 Å². The Balaban J connectivity index is 2.39. The standard InChI is InChI=1S/C14H16O3S/c1-3-10-8(2)12(18-9-4-5-9)7-6-11(10)13(15)14(16)17/h6-7,9H,3-5H2,1-2H3,(H,16,17). The first-order chi connectivity index (χ1) is 8.54. The first kappa shape index (κ1) is 13.1. The van der Waals surface area contributed by atoms with Crippen molar-refractivity contribution < 1.29 is 14.7 Å². The summed E-state index contributed by atoms with van der Waals surface area (Å²) in [5.41, 5.74) is 2.26. The third-order valence-corrected chi connectivity index (χ3v) is 4.66. The summed E-state index contributed by atoms with van der Waals surface area (Å²) in [6, 6.07) is 3.54. The van der Waals surface area contributed by atoms with Gasteiger partial charge in [0.1, 0.15) is 0 Å². The Morgan fingerprint density at radius 1 is 1.39 bits per heavy atom. The van der Waals surface area contributed by atoms with Crippen LogP contribution in [0.25, 0.3) is 0 Å². The zero-order valence-corrected chi connectivity index (χ0v) is 11.3. The number of carboxylic acids is 1. The Morgan fingerprint density at radius 2 is 2.06 bits per heavy atom. The van der Waals surface area contributed by atoms with Crippen molar-refractivity contribution >= 4 is 23.5 Å². The summed E-state index contributed by atoms with van der Waals surface area (Å²) in [6.45, 7) is 3.93. The van der Waals surface area contributed by atoms with Gasteiger partial charge in [-0.25, -0.2) is 4.79 Å². The second-order valence-electron chi connectivity index (χ2n) is 4.52. The third-order valence-electron chi connectivity index (χ3n) is 3.16. The molecule has 4 heteroatoms. The molecule has 1 aromatic rings. The molecule has 0 spiro atoms. The molecule has 1 N–H and O–H groups in total. The zero-order chi connectivity index (χ0) is 13.3. The van der Waals surface area contributed by atoms with E-state index in [4.69, 9.17) is 5.11 Å². The molecule has 0 amide bonds. The average molecular weight is 264 g/mol. The van der Waals surface area contributed by atoms with Crippen LogP contribution in [0.5, 0.6) is 0 Å². The molecule has 1 aromatic carbocycles. The van der Waals surface area contributed by atoms with Crippen molar-refractivity contribution in [3.63, 3.8) is 0 Å². The van der Waals surface area contributed by atoms with E-state index in [2.05, 4.69) is 0 Å². The Hall–Kier alpha value is -1.29. The lowest BCUT2D eigenvalue weighted by Crippen LogP contribution is -2.15. The Labute approximate surface area is 111 Å². The number of thioether (sulfide) groups is 1. The van der Waals surface area contributed by atoms with Gasteiger partial charge in [-0.1, -0.05) is 6.92 Å². The van der Waals surface area contributed by atoms with Crippen LogP contribution in [0.15, 0.2) is 17.0 Å². The van der Waals surface area contributed by atoms with E-state index in [1.165, 1.54) is 17.7 Å². The number of benzene rings is 1. The highest BCUT2D eigenvalue weighted by molar-refractivity contribution is 8.00. The van der Waals surface area contributed by atoms with E-state index in [-0.39, 0.29) is 0 Å². The fraction of sp³-hybridized carbons (Fsp3) is 0.429. The normalized spacial score (nSPS) is 14.6. The van der Waals surface area contributed by atoms with Crippen molar-refractivity contribution in [3.05, 3.63) is 28.8 Å². The summed E-state index contributed by atoms with van der Waals surface area (Å²) in [4.78, 5) is 23.6. The van der Waals surface area contributed by atoms with Crippen molar-refractivity contribution in [1.82, 2.24) is 0 Å². The highest BCUT2D eigenvalue weighted by atomic mass is 32.2. The van der Waals surface area contributed by atoms with E-state index < -0.39 is 11.8 Å². The van der Waals surface area contributed by atoms with Gasteiger partial charge in [0.15, 0.2) is 0 Å². The molecule has 0 aliphatic heterocycles. The van der Waals surface area contributed by atoms with E-state index in [1.807, 2.05) is 31.7 Å². The quantitative estimate of drug-likeness (QED) is 0.656. The van der Waals surface area contributed by atoms with Gasteiger partial charge in [0, 0.05) is 15.7 Å². The lowest BCUT2D eigenvalue weighted by atomic mass is 9.97. The van der Waals surface area contributed by atoms with Gasteiger partial charge in [-0.2, -0.15) is 0 Å². The first-order valence-corrected chi connectivity index (χ1v) is 6.99. The van der Waals surface area contributed by atoms with Crippen LogP contribution in [0.1, 0.15) is 41.3 Å². The predicted octanol–water partition coefficient (Wildman–Crippen LogP) is 3.08. The van der Waals surface area contributed by atoms with E-state index in [0.29, 0.717) is 17.2 Å². The molecule has 96 valence electrons. The molecular formula is C14H16O3S. The van der Waals surface area contributed by atoms with Crippen LogP contribution in [-0.4, -0.2) is 22.1 Å². The van der Waals surface area contributed by atoms with Crippen LogP contribution >= 0.6 is 11.8 Å². The minimum absolute atomic E-state index is 0.336. The highest BCUT2D eigenvalue weighted by Crippen LogP contribution is 2.41. The first-order valence-electron chi connectivity index (χ1n) is 6.11. The molecule has 0 atom stereocenters. The molecule has 1 saturated carbocycles. The number of hydrogen-bond donors (Lipinski definition) is 1. The molecule has 1 aliphatic carbocycles. The molecular weight excluding hydrogens is 248 g/mol. The summed E-state index contributed by atoms with van der Waals surface area (Å²) < 4.78 is 0. The van der Waals surface area contributed by atoms with Crippen LogP contribution in [-0.2, 0) is 11.2 Å². The second-order valence-corrected chi connectivity index (χ2v) is 5.86. The van der Waals surface area contributed by atoms with E-state index in [1.54, 1.807) is 6.07 Å². The molecule has 2 rings (SSSR count). The maximum Gasteiger partial charge on any atom is 0.377 e. The fourth-order valence-electron chi connectivity index (χ4n) is 2.01. The van der Waals surface area contributed by atoms with Crippen LogP contribution in [0.3, 0.4) is 0 Å². The fourth-order valence-corrected chi connectivity index (χ4v) is 3.19. The highest BCUT2D eigenvalue weighted by Gasteiger charge is 2.25. The lowest BCUT2D eigenvalue weighted by molar-refractivity contribution is -0.131. The number of rotatable bonds is 5. The molecule has 0 unspecified atom stereocenters. The maximum absolute atomic E-state index is 11.6. The average Bonchev–Trinajstić information content (AvgIpc) is 3.14. The number of aliphatic carboxylic acids is 1. The van der Waals surface area contributed by atoms with Crippen molar-refractivity contribution in [2.75, 3.05) is 0 Å². The van der Waals surface area contributed by atoms with Gasteiger partial charge in [-0.3, -0.25) is 4.79 Å². The number of Topliss-reactive ketones (excluding diaryl/α,β-unsaturated/α-hetero) is 1. The van der Waals surface area contributed by atoms with Crippen molar-refractivity contribution in [2.24, 2.45) is 0 Å². The maximum atomic E-state index is 11.6. The van der Waals surface area contributed by atoms with Crippen LogP contribution in [0.2, 0.25) is 0 Å². The largest absolute Gasteiger partial charge is 0.475 e. The van der Waals surface area contributed by atoms with Gasteiger partial charge >= 0.3 is 5.97 Å². The number of carboxylic acid groups (broad SMARTS) is 1. The van der Waals surface area contributed by atoms with Gasteiger partial charge in [0.25, 0.3) is 5.78 Å². The summed E-state index contributed by atoms with van der Waals surface area (Å²) in [6.07, 6.45) is 3.18. The molecule has 0 heterocycles. The van der Waals surface area contributed by atoms with Gasteiger partial charge in [0.05, 0.1) is 0 Å². The number of carbonyl (C=O) groups excluding carboxylic acids is 1. The predicted molar refractivity (Wildman–Crippen MR) is 71.4 cm³/mol. The Kier molecular flexibility index (Phi) is 3.76. The smallest absolute Gasteiger partial charge is 0.377 e. The van der Waals surface area contributed by atoms with Crippen molar-refractivity contribution in [2.45, 2.75) is 43.3 Å². The summed E-state index contributed by atoms with van der Waals surface area (Å²) in [5.74, 6) is -2.19. The zero-order valence-electron chi connectivity index (χ0n) is 10.5. The van der Waals surface area contributed by atoms with Crippen molar-refractivity contribution in [3.8, 4) is 0 Å². The number of hydrogen-bond acceptors (Lipinski definition) is 3. The molecule has 0 radical (unpaired) electrons. The Morgan fingerprint density at radius 3 is 2.56 bits per heavy atom. The van der Waals surface area contributed by atoms with Crippen LogP contribution in [0.4, 0.5) is 0 Å². The van der Waals surface area contributed by atoms with Gasteiger partial charge < -0.3 is 5.11 Å². The van der Waals surface area contributed by atoms with E-state index in [0.717, 1.165) is 11.1 Å². The molecule has 18 heavy (non-hydrogen) atoms. The molecule has 1 aliphatic rings. The van der Waals surface area contributed by atoms with E-state index in [9.17, 15) is 9.59 Å². The van der Waals surface area contributed by atoms with Gasteiger partial charge in [0.2, 0.25) is 0 Å². The minimum Gasteiger partial charge on any atom is -0.475 e. The van der Waals surface area contributed by atoms with Gasteiger partial charge in [-0.15, -0.1) is 11.8 Å². The molecule has 1 fully saturated rings. The Bertz CT molecular complexity index is 504. The summed E-state index contributed by atoms with van der Waals surface area (Å²) in [7, 11) is 0. The van der Waals surface area contributed by atoms with Crippen LogP contribution < -0.4 is 0 Å². The number of carbonyl (C=O) groups is 2. The SMILES string of the molecule is CCc1c(C(=O)C(=O)O)ccc(SC2CC2)c1C. The molecule has 0 aromatic heterocycles. The molecule has 0 bridgehead atoms. The lowest BCUT2D eigenvalue weighted by Gasteiger charge is -2.13. The monoisotopic (exact) mass is 264 g/mol. The minimum atomic E-state index is -1.38. The van der Waals surface area contributed by atoms with Crippen molar-refractivity contribution in [1.29, 1.82) is 0 Å². The third kappa shape index (κ3) is 2.58. The molecule has 3 nitrogen and oxygen atoms in total.